The lowest BCUT2D eigenvalue weighted by Gasteiger charge is -2.39. The van der Waals surface area contributed by atoms with E-state index in [-0.39, 0.29) is 16.6 Å². The Morgan fingerprint density at radius 3 is 2.52 bits per heavy atom. The van der Waals surface area contributed by atoms with Crippen LogP contribution >= 0.6 is 0 Å². The number of nitrogens with one attached hydrogen (secondary N) is 1. The van der Waals surface area contributed by atoms with Gasteiger partial charge < -0.3 is 10.2 Å². The second-order valence-corrected chi connectivity index (χ2v) is 9.27. The van der Waals surface area contributed by atoms with Crippen molar-refractivity contribution in [1.29, 1.82) is 0 Å². The molecule has 9 heteroatoms. The molecule has 8 nitrogen and oxygen atoms in total. The molecule has 2 aromatic rings. The second-order valence-electron chi connectivity index (χ2n) is 7.45. The number of hydrogen-bond donors (Lipinski definition) is 1. The minimum atomic E-state index is -3.93. The van der Waals surface area contributed by atoms with E-state index in [1.807, 2.05) is 19.1 Å². The maximum atomic E-state index is 13.5. The number of piperazine rings is 1. The number of sulfonamides is 1. The lowest BCUT2D eigenvalue weighted by atomic mass is 9.96. The van der Waals surface area contributed by atoms with Gasteiger partial charge in [0.2, 0.25) is 0 Å². The summed E-state index contributed by atoms with van der Waals surface area (Å²) >= 11 is 0. The Kier molecular flexibility index (Phi) is 5.18. The van der Waals surface area contributed by atoms with Gasteiger partial charge in [0.15, 0.2) is 0 Å². The van der Waals surface area contributed by atoms with Crippen LogP contribution in [0.1, 0.15) is 18.9 Å². The number of nitrogens with zero attached hydrogens (tertiary/aromatic N) is 3. The summed E-state index contributed by atoms with van der Waals surface area (Å²) in [4.78, 5) is 12.8. The molecular formula is C20H24N4O4S. The van der Waals surface area contributed by atoms with Crippen LogP contribution in [-0.4, -0.2) is 45.6 Å². The van der Waals surface area contributed by atoms with E-state index >= 15 is 0 Å². The highest BCUT2D eigenvalue weighted by Gasteiger charge is 2.36. The van der Waals surface area contributed by atoms with Crippen molar-refractivity contribution in [2.45, 2.75) is 30.7 Å². The maximum absolute atomic E-state index is 13.5. The van der Waals surface area contributed by atoms with Gasteiger partial charge in [-0.25, -0.2) is 8.42 Å². The van der Waals surface area contributed by atoms with Gasteiger partial charge in [-0.15, -0.1) is 0 Å². The molecule has 0 aromatic heterocycles. The van der Waals surface area contributed by atoms with E-state index in [9.17, 15) is 18.5 Å². The fraction of sp³-hybridized carbons (Fsp3) is 0.400. The van der Waals surface area contributed by atoms with Gasteiger partial charge in [0, 0.05) is 50.0 Å². The molecule has 1 atom stereocenters. The average Bonchev–Trinajstić information content (AvgIpc) is 2.73. The summed E-state index contributed by atoms with van der Waals surface area (Å²) in [5.74, 6) is 0. The molecule has 2 heterocycles. The Labute approximate surface area is 170 Å². The van der Waals surface area contributed by atoms with Crippen LogP contribution in [0, 0.1) is 10.1 Å². The number of nitro benzene ring substituents is 1. The largest absolute Gasteiger partial charge is 0.369 e. The van der Waals surface area contributed by atoms with Crippen molar-refractivity contribution < 1.29 is 13.3 Å². The summed E-state index contributed by atoms with van der Waals surface area (Å²) in [7, 11) is -3.93. The van der Waals surface area contributed by atoms with Crippen molar-refractivity contribution in [3.8, 4) is 0 Å². The highest BCUT2D eigenvalue weighted by molar-refractivity contribution is 7.92. The fourth-order valence-electron chi connectivity index (χ4n) is 4.17. The number of rotatable bonds is 4. The van der Waals surface area contributed by atoms with Gasteiger partial charge in [-0.1, -0.05) is 12.1 Å². The standard InChI is InChI=1S/C20H24N4O4S/c1-15-8-9-18-19(22-12-10-21-11-13-22)6-3-7-20(18)23(15)29(27,28)17-5-2-4-16(14-17)24(25)26/h2-7,14-15,21H,8-13H2,1H3. The summed E-state index contributed by atoms with van der Waals surface area (Å²) in [6, 6.07) is 10.8. The molecular weight excluding hydrogens is 392 g/mol. The summed E-state index contributed by atoms with van der Waals surface area (Å²) in [6.45, 7) is 5.44. The minimum Gasteiger partial charge on any atom is -0.369 e. The number of fused-ring (bicyclic) bond motifs is 1. The topological polar surface area (TPSA) is 95.8 Å². The lowest BCUT2D eigenvalue weighted by molar-refractivity contribution is -0.385. The first-order chi connectivity index (χ1) is 13.9. The molecule has 2 aliphatic heterocycles. The summed E-state index contributed by atoms with van der Waals surface area (Å²) in [5, 5.41) is 14.5. The first-order valence-corrected chi connectivity index (χ1v) is 11.2. The molecule has 4 rings (SSSR count). The predicted octanol–water partition coefficient (Wildman–Crippen LogP) is 2.53. The first kappa shape index (κ1) is 19.7. The third-order valence-corrected chi connectivity index (χ3v) is 7.54. The van der Waals surface area contributed by atoms with E-state index < -0.39 is 14.9 Å². The molecule has 0 spiro atoms. The summed E-state index contributed by atoms with van der Waals surface area (Å²) in [5.41, 5.74) is 2.55. The molecule has 0 aliphatic carbocycles. The van der Waals surface area contributed by atoms with Crippen LogP contribution in [0.3, 0.4) is 0 Å². The molecule has 1 saturated heterocycles. The van der Waals surface area contributed by atoms with Gasteiger partial charge in [0.05, 0.1) is 15.5 Å². The zero-order chi connectivity index (χ0) is 20.6. The van der Waals surface area contributed by atoms with Gasteiger partial charge in [-0.3, -0.25) is 14.4 Å². The Bertz CT molecular complexity index is 1030. The molecule has 1 fully saturated rings. The quantitative estimate of drug-likeness (QED) is 0.608. The Morgan fingerprint density at radius 2 is 1.79 bits per heavy atom. The zero-order valence-corrected chi connectivity index (χ0v) is 17.1. The monoisotopic (exact) mass is 416 g/mol. The number of benzene rings is 2. The van der Waals surface area contributed by atoms with Crippen molar-refractivity contribution in [3.05, 3.63) is 58.1 Å². The smallest absolute Gasteiger partial charge is 0.270 e. The van der Waals surface area contributed by atoms with Gasteiger partial charge in [-0.05, 0) is 43.5 Å². The molecule has 0 bridgehead atoms. The summed E-state index contributed by atoms with van der Waals surface area (Å²) in [6.07, 6.45) is 1.50. The predicted molar refractivity (Wildman–Crippen MR) is 112 cm³/mol. The van der Waals surface area contributed by atoms with E-state index in [0.29, 0.717) is 12.1 Å². The van der Waals surface area contributed by atoms with E-state index in [1.54, 1.807) is 0 Å². The van der Waals surface area contributed by atoms with Crippen molar-refractivity contribution in [2.75, 3.05) is 35.4 Å². The lowest BCUT2D eigenvalue weighted by Crippen LogP contribution is -2.45. The van der Waals surface area contributed by atoms with Crippen LogP contribution < -0.4 is 14.5 Å². The molecule has 1 unspecified atom stereocenters. The Balaban J connectivity index is 1.79. The van der Waals surface area contributed by atoms with Crippen molar-refractivity contribution in [3.63, 3.8) is 0 Å². The molecule has 0 radical (unpaired) electrons. The Morgan fingerprint density at radius 1 is 1.10 bits per heavy atom. The van der Waals surface area contributed by atoms with E-state index in [1.165, 1.54) is 22.5 Å². The molecule has 0 amide bonds. The van der Waals surface area contributed by atoms with Gasteiger partial charge in [-0.2, -0.15) is 0 Å². The van der Waals surface area contributed by atoms with Gasteiger partial charge >= 0.3 is 0 Å². The number of non-ortho nitro benzene ring substituents is 1. The zero-order valence-electron chi connectivity index (χ0n) is 16.2. The number of hydrogen-bond acceptors (Lipinski definition) is 6. The van der Waals surface area contributed by atoms with Crippen LogP contribution in [0.2, 0.25) is 0 Å². The van der Waals surface area contributed by atoms with Gasteiger partial charge in [0.1, 0.15) is 0 Å². The molecule has 2 aliphatic rings. The summed E-state index contributed by atoms with van der Waals surface area (Å²) < 4.78 is 28.4. The normalized spacial score (nSPS) is 19.7. The van der Waals surface area contributed by atoms with Crippen LogP contribution in [0.15, 0.2) is 47.4 Å². The van der Waals surface area contributed by atoms with Crippen molar-refractivity contribution >= 4 is 27.1 Å². The SMILES string of the molecule is CC1CCc2c(N3CCNCC3)cccc2N1S(=O)(=O)c1cccc([N+](=O)[O-])c1. The molecule has 0 saturated carbocycles. The minimum absolute atomic E-state index is 0.0565. The molecule has 29 heavy (non-hydrogen) atoms. The Hall–Kier alpha value is -2.65. The highest BCUT2D eigenvalue weighted by Crippen LogP contribution is 2.40. The molecule has 2 aromatic carbocycles. The van der Waals surface area contributed by atoms with E-state index in [2.05, 4.69) is 16.3 Å². The maximum Gasteiger partial charge on any atom is 0.270 e. The number of anilines is 2. The average molecular weight is 417 g/mol. The molecule has 154 valence electrons. The number of nitro groups is 1. The van der Waals surface area contributed by atoms with Gasteiger partial charge in [0.25, 0.3) is 15.7 Å². The van der Waals surface area contributed by atoms with Crippen LogP contribution in [0.5, 0.6) is 0 Å². The molecule has 1 N–H and O–H groups in total. The third kappa shape index (κ3) is 3.56. The second kappa shape index (κ2) is 7.64. The van der Waals surface area contributed by atoms with E-state index in [4.69, 9.17) is 0 Å². The highest BCUT2D eigenvalue weighted by atomic mass is 32.2. The van der Waals surface area contributed by atoms with Crippen LogP contribution in [-0.2, 0) is 16.4 Å². The van der Waals surface area contributed by atoms with Crippen LogP contribution in [0.4, 0.5) is 17.1 Å². The van der Waals surface area contributed by atoms with Crippen LogP contribution in [0.25, 0.3) is 0 Å². The third-order valence-electron chi connectivity index (χ3n) is 5.62. The fourth-order valence-corrected chi connectivity index (χ4v) is 5.93. The first-order valence-electron chi connectivity index (χ1n) is 9.76. The van der Waals surface area contributed by atoms with E-state index in [0.717, 1.165) is 49.9 Å². The van der Waals surface area contributed by atoms with Crippen molar-refractivity contribution in [2.24, 2.45) is 0 Å². The van der Waals surface area contributed by atoms with Crippen molar-refractivity contribution in [1.82, 2.24) is 5.32 Å².